The van der Waals surface area contributed by atoms with Crippen molar-refractivity contribution in [3.05, 3.63) is 39.9 Å². The summed E-state index contributed by atoms with van der Waals surface area (Å²) in [6.45, 7) is 0. The van der Waals surface area contributed by atoms with Gasteiger partial charge in [0.25, 0.3) is 15.8 Å². The van der Waals surface area contributed by atoms with Gasteiger partial charge in [-0.3, -0.25) is 14.3 Å². The largest absolute Gasteiger partial charge is 0.273 e. The number of rotatable bonds is 4. The summed E-state index contributed by atoms with van der Waals surface area (Å²) in [6, 6.07) is 5.27. The molecule has 6 nitrogen and oxygen atoms in total. The van der Waals surface area contributed by atoms with Crippen LogP contribution in [0.15, 0.2) is 24.3 Å². The molecule has 0 saturated heterocycles. The lowest BCUT2D eigenvalue weighted by atomic mass is 10.2. The summed E-state index contributed by atoms with van der Waals surface area (Å²) in [4.78, 5) is 9.77. The van der Waals surface area contributed by atoms with Crippen molar-refractivity contribution >= 4 is 15.8 Å². The van der Waals surface area contributed by atoms with Crippen LogP contribution in [0.25, 0.3) is 0 Å². The number of nitrogens with zero attached hydrogens (tertiary/aromatic N) is 1. The number of hydrogen-bond donors (Lipinski definition) is 0. The lowest BCUT2D eigenvalue weighted by molar-refractivity contribution is -0.384. The van der Waals surface area contributed by atoms with Crippen LogP contribution >= 0.6 is 0 Å². The molecule has 0 spiro atoms. The molecule has 1 rings (SSSR count). The molecule has 82 valence electrons. The van der Waals surface area contributed by atoms with E-state index in [4.69, 9.17) is 0 Å². The average Bonchev–Trinajstić information content (AvgIpc) is 2.18. The van der Waals surface area contributed by atoms with E-state index in [0.29, 0.717) is 5.56 Å². The first-order chi connectivity index (χ1) is 6.94. The summed E-state index contributed by atoms with van der Waals surface area (Å²) in [5.74, 6) is -0.290. The first-order valence-corrected chi connectivity index (χ1v) is 5.54. The highest BCUT2D eigenvalue weighted by molar-refractivity contribution is 7.85. The molecule has 1 aromatic rings. The molecule has 0 unspecified atom stereocenters. The molecule has 7 heteroatoms. The molecule has 0 fully saturated rings. The van der Waals surface area contributed by atoms with Crippen LogP contribution in [-0.4, -0.2) is 20.5 Å². The third kappa shape index (κ3) is 3.30. The Morgan fingerprint density at radius 1 is 1.33 bits per heavy atom. The molecule has 0 N–H and O–H groups in total. The van der Waals surface area contributed by atoms with Crippen molar-refractivity contribution < 1.29 is 17.5 Å². The Labute approximate surface area is 86.8 Å². The Bertz CT molecular complexity index is 450. The first kappa shape index (κ1) is 11.6. The van der Waals surface area contributed by atoms with Gasteiger partial charge in [-0.25, -0.2) is 0 Å². The van der Waals surface area contributed by atoms with Gasteiger partial charge in [-0.2, -0.15) is 8.42 Å². The molecule has 0 bridgehead atoms. The molecule has 0 radical (unpaired) electrons. The highest BCUT2D eigenvalue weighted by Gasteiger charge is 2.11. The molecule has 0 heterocycles. The van der Waals surface area contributed by atoms with E-state index in [1.807, 2.05) is 0 Å². The van der Waals surface area contributed by atoms with Crippen molar-refractivity contribution in [3.8, 4) is 0 Å². The second kappa shape index (κ2) is 4.37. The van der Waals surface area contributed by atoms with Gasteiger partial charge < -0.3 is 0 Å². The van der Waals surface area contributed by atoms with Crippen molar-refractivity contribution in [2.75, 3.05) is 7.11 Å². The minimum absolute atomic E-state index is 0.0754. The minimum atomic E-state index is -3.58. The number of non-ortho nitro benzene ring substituents is 1. The van der Waals surface area contributed by atoms with Crippen LogP contribution in [0.3, 0.4) is 0 Å². The molecule has 0 atom stereocenters. The molecular formula is C8H9NO5S. The maximum Gasteiger partial charge on any atom is 0.271 e. The Morgan fingerprint density at radius 3 is 2.27 bits per heavy atom. The number of nitro groups is 1. The zero-order valence-electron chi connectivity index (χ0n) is 7.91. The van der Waals surface area contributed by atoms with Crippen molar-refractivity contribution in [1.82, 2.24) is 0 Å². The van der Waals surface area contributed by atoms with E-state index in [1.165, 1.54) is 24.3 Å². The predicted molar refractivity (Wildman–Crippen MR) is 52.7 cm³/mol. The predicted octanol–water partition coefficient (Wildman–Crippen LogP) is 1.07. The quantitative estimate of drug-likeness (QED) is 0.439. The van der Waals surface area contributed by atoms with Gasteiger partial charge in [-0.15, -0.1) is 0 Å². The summed E-state index contributed by atoms with van der Waals surface area (Å²) in [7, 11) is -2.51. The van der Waals surface area contributed by atoms with Gasteiger partial charge >= 0.3 is 0 Å². The Hall–Kier alpha value is -1.47. The van der Waals surface area contributed by atoms with E-state index in [1.54, 1.807) is 0 Å². The monoisotopic (exact) mass is 231 g/mol. The zero-order chi connectivity index (χ0) is 11.5. The van der Waals surface area contributed by atoms with Gasteiger partial charge in [0.05, 0.1) is 12.0 Å². The molecular weight excluding hydrogens is 222 g/mol. The molecule has 0 amide bonds. The van der Waals surface area contributed by atoms with E-state index in [9.17, 15) is 18.5 Å². The van der Waals surface area contributed by atoms with E-state index < -0.39 is 15.0 Å². The van der Waals surface area contributed by atoms with E-state index in [2.05, 4.69) is 4.18 Å². The van der Waals surface area contributed by atoms with Crippen molar-refractivity contribution in [1.29, 1.82) is 0 Å². The topological polar surface area (TPSA) is 86.5 Å². The lowest BCUT2D eigenvalue weighted by Gasteiger charge is -2.00. The summed E-state index contributed by atoms with van der Waals surface area (Å²) in [5.41, 5.74) is 0.371. The van der Waals surface area contributed by atoms with Crippen LogP contribution in [0.5, 0.6) is 0 Å². The summed E-state index contributed by atoms with van der Waals surface area (Å²) >= 11 is 0. The highest BCUT2D eigenvalue weighted by atomic mass is 32.2. The number of benzene rings is 1. The number of nitro benzene ring substituents is 1. The van der Waals surface area contributed by atoms with Crippen LogP contribution in [0, 0.1) is 10.1 Å². The normalized spacial score (nSPS) is 11.3. The highest BCUT2D eigenvalue weighted by Crippen LogP contribution is 2.14. The van der Waals surface area contributed by atoms with Gasteiger partial charge in [0.1, 0.15) is 5.75 Å². The third-order valence-corrected chi connectivity index (χ3v) is 2.94. The average molecular weight is 231 g/mol. The van der Waals surface area contributed by atoms with Crippen molar-refractivity contribution in [2.45, 2.75) is 5.75 Å². The van der Waals surface area contributed by atoms with Gasteiger partial charge in [-0.05, 0) is 5.56 Å². The van der Waals surface area contributed by atoms with Gasteiger partial charge in [0.2, 0.25) is 0 Å². The fourth-order valence-corrected chi connectivity index (χ4v) is 1.70. The van der Waals surface area contributed by atoms with Crippen LogP contribution in [-0.2, 0) is 20.1 Å². The standard InChI is InChI=1S/C8H9NO5S/c1-14-15(12,13)6-7-2-4-8(5-3-7)9(10)11/h2-5H,6H2,1H3. The molecule has 15 heavy (non-hydrogen) atoms. The molecule has 0 aromatic heterocycles. The Kier molecular flexibility index (Phi) is 3.38. The summed E-state index contributed by atoms with van der Waals surface area (Å²) in [6.07, 6.45) is 0. The molecule has 0 aliphatic heterocycles. The van der Waals surface area contributed by atoms with Crippen LogP contribution in [0.2, 0.25) is 0 Å². The third-order valence-electron chi connectivity index (χ3n) is 1.74. The van der Waals surface area contributed by atoms with Crippen molar-refractivity contribution in [2.24, 2.45) is 0 Å². The lowest BCUT2D eigenvalue weighted by Crippen LogP contribution is -2.05. The minimum Gasteiger partial charge on any atom is -0.273 e. The van der Waals surface area contributed by atoms with E-state index in [0.717, 1.165) is 7.11 Å². The van der Waals surface area contributed by atoms with Crippen LogP contribution < -0.4 is 0 Å². The molecule has 0 aliphatic carbocycles. The maximum atomic E-state index is 11.0. The summed E-state index contributed by atoms with van der Waals surface area (Å²) < 4.78 is 26.3. The van der Waals surface area contributed by atoms with Crippen LogP contribution in [0.1, 0.15) is 5.56 Å². The maximum absolute atomic E-state index is 11.0. The van der Waals surface area contributed by atoms with Gasteiger partial charge in [0, 0.05) is 12.1 Å². The Balaban J connectivity index is 2.86. The van der Waals surface area contributed by atoms with Gasteiger partial charge in [0.15, 0.2) is 0 Å². The second-order valence-corrected chi connectivity index (χ2v) is 4.53. The zero-order valence-corrected chi connectivity index (χ0v) is 8.73. The molecule has 0 saturated carbocycles. The summed E-state index contributed by atoms with van der Waals surface area (Å²) in [5, 5.41) is 10.3. The molecule has 0 aliphatic rings. The SMILES string of the molecule is COS(=O)(=O)Cc1ccc([N+](=O)[O-])cc1. The van der Waals surface area contributed by atoms with E-state index >= 15 is 0 Å². The second-order valence-electron chi connectivity index (χ2n) is 2.79. The number of hydrogen-bond acceptors (Lipinski definition) is 5. The Morgan fingerprint density at radius 2 is 1.87 bits per heavy atom. The molecule has 1 aromatic carbocycles. The first-order valence-electron chi connectivity index (χ1n) is 3.96. The van der Waals surface area contributed by atoms with E-state index in [-0.39, 0.29) is 11.4 Å². The fraction of sp³-hybridized carbons (Fsp3) is 0.250. The smallest absolute Gasteiger partial charge is 0.271 e. The van der Waals surface area contributed by atoms with Crippen LogP contribution in [0.4, 0.5) is 5.69 Å². The van der Waals surface area contributed by atoms with Gasteiger partial charge in [-0.1, -0.05) is 12.1 Å². The van der Waals surface area contributed by atoms with Crippen molar-refractivity contribution in [3.63, 3.8) is 0 Å². The fourth-order valence-electron chi connectivity index (χ4n) is 0.977.